The molecule has 0 spiro atoms. The van der Waals surface area contributed by atoms with Crippen LogP contribution in [0.2, 0.25) is 15.1 Å². The summed E-state index contributed by atoms with van der Waals surface area (Å²) in [5.74, 6) is 1.02. The standard InChI is InChI=1S/C15H21Cl3N4O2/c1-19-15(20-5-4-13(23)22(2)3)21-6-7-24-14-11(17)8-10(16)9-12(14)18/h8-9H,4-7H2,1-3H3,(H2,19,20,21). The Morgan fingerprint density at radius 2 is 1.75 bits per heavy atom. The molecule has 0 atom stereocenters. The molecule has 1 aromatic rings. The first-order valence-corrected chi connectivity index (χ1v) is 8.40. The molecule has 0 fully saturated rings. The minimum Gasteiger partial charge on any atom is -0.489 e. The molecule has 2 N–H and O–H groups in total. The average molecular weight is 396 g/mol. The highest BCUT2D eigenvalue weighted by molar-refractivity contribution is 6.40. The number of nitrogens with zero attached hydrogens (tertiary/aromatic N) is 2. The number of carbonyl (C=O) groups excluding carboxylic acids is 1. The highest BCUT2D eigenvalue weighted by Crippen LogP contribution is 2.35. The zero-order valence-corrected chi connectivity index (χ0v) is 16.1. The molecule has 9 heteroatoms. The van der Waals surface area contributed by atoms with Crippen LogP contribution < -0.4 is 15.4 Å². The summed E-state index contributed by atoms with van der Waals surface area (Å²) in [7, 11) is 5.09. The number of amides is 1. The summed E-state index contributed by atoms with van der Waals surface area (Å²) in [4.78, 5) is 17.1. The van der Waals surface area contributed by atoms with E-state index in [9.17, 15) is 4.79 Å². The third-order valence-corrected chi connectivity index (χ3v) is 3.74. The molecule has 0 aliphatic carbocycles. The lowest BCUT2D eigenvalue weighted by molar-refractivity contribution is -0.128. The zero-order valence-electron chi connectivity index (χ0n) is 13.8. The number of aliphatic imine (C=N–C) groups is 1. The Morgan fingerprint density at radius 3 is 2.29 bits per heavy atom. The predicted molar refractivity (Wildman–Crippen MR) is 99.6 cm³/mol. The summed E-state index contributed by atoms with van der Waals surface area (Å²) in [6, 6.07) is 3.14. The van der Waals surface area contributed by atoms with Crippen LogP contribution in [0, 0.1) is 0 Å². The van der Waals surface area contributed by atoms with Gasteiger partial charge in [0.1, 0.15) is 6.61 Å². The first-order chi connectivity index (χ1) is 11.3. The normalized spacial score (nSPS) is 11.2. The predicted octanol–water partition coefficient (Wildman–Crippen LogP) is 2.67. The molecule has 0 saturated heterocycles. The van der Waals surface area contributed by atoms with E-state index in [2.05, 4.69) is 15.6 Å². The Labute approximate surface area is 157 Å². The number of guanidine groups is 1. The Kier molecular flexibility index (Phi) is 9.03. The van der Waals surface area contributed by atoms with Gasteiger partial charge in [-0.2, -0.15) is 0 Å². The van der Waals surface area contributed by atoms with E-state index in [1.165, 1.54) is 0 Å². The molecule has 6 nitrogen and oxygen atoms in total. The molecule has 1 amide bonds. The fraction of sp³-hybridized carbons (Fsp3) is 0.467. The van der Waals surface area contributed by atoms with Crippen molar-refractivity contribution in [3.05, 3.63) is 27.2 Å². The van der Waals surface area contributed by atoms with Crippen LogP contribution in [-0.2, 0) is 4.79 Å². The summed E-state index contributed by atoms with van der Waals surface area (Å²) < 4.78 is 5.56. The number of halogens is 3. The van der Waals surface area contributed by atoms with E-state index in [1.54, 1.807) is 38.2 Å². The van der Waals surface area contributed by atoms with E-state index in [1.807, 2.05) is 0 Å². The maximum atomic E-state index is 11.5. The summed E-state index contributed by atoms with van der Waals surface area (Å²) in [5, 5.41) is 7.29. The average Bonchev–Trinajstić information content (AvgIpc) is 2.51. The van der Waals surface area contributed by atoms with Crippen LogP contribution >= 0.6 is 34.8 Å². The number of hydrogen-bond donors (Lipinski definition) is 2. The fourth-order valence-corrected chi connectivity index (χ4v) is 2.65. The second kappa shape index (κ2) is 10.5. The van der Waals surface area contributed by atoms with Crippen LogP contribution in [0.3, 0.4) is 0 Å². The van der Waals surface area contributed by atoms with Crippen LogP contribution in [0.25, 0.3) is 0 Å². The Hall–Kier alpha value is -1.37. The molecule has 0 bridgehead atoms. The molecule has 0 heterocycles. The van der Waals surface area contributed by atoms with E-state index in [-0.39, 0.29) is 5.91 Å². The summed E-state index contributed by atoms with van der Waals surface area (Å²) in [5.41, 5.74) is 0. The molecule has 1 rings (SSSR count). The van der Waals surface area contributed by atoms with Gasteiger partial charge in [0, 0.05) is 39.1 Å². The maximum Gasteiger partial charge on any atom is 0.223 e. The highest BCUT2D eigenvalue weighted by atomic mass is 35.5. The van der Waals surface area contributed by atoms with Gasteiger partial charge in [0.2, 0.25) is 5.91 Å². The fourth-order valence-electron chi connectivity index (χ4n) is 1.72. The zero-order chi connectivity index (χ0) is 18.1. The van der Waals surface area contributed by atoms with E-state index >= 15 is 0 Å². The van der Waals surface area contributed by atoms with Crippen LogP contribution in [0.5, 0.6) is 5.75 Å². The molecule has 0 aliphatic heterocycles. The van der Waals surface area contributed by atoms with Gasteiger partial charge in [-0.25, -0.2) is 0 Å². The Morgan fingerprint density at radius 1 is 1.17 bits per heavy atom. The summed E-state index contributed by atoms with van der Waals surface area (Å²) in [6.45, 7) is 1.31. The molecule has 0 unspecified atom stereocenters. The number of hydrogen-bond acceptors (Lipinski definition) is 3. The molecule has 24 heavy (non-hydrogen) atoms. The van der Waals surface area contributed by atoms with Gasteiger partial charge >= 0.3 is 0 Å². The van der Waals surface area contributed by atoms with Crippen molar-refractivity contribution < 1.29 is 9.53 Å². The number of ether oxygens (including phenoxy) is 1. The van der Waals surface area contributed by atoms with Gasteiger partial charge in [0.05, 0.1) is 16.6 Å². The number of nitrogens with one attached hydrogen (secondary N) is 2. The van der Waals surface area contributed by atoms with E-state index in [0.29, 0.717) is 52.9 Å². The number of rotatable bonds is 7. The van der Waals surface area contributed by atoms with Crippen molar-refractivity contribution in [2.45, 2.75) is 6.42 Å². The SMILES string of the molecule is CN=C(NCCOc1c(Cl)cc(Cl)cc1Cl)NCCC(=O)N(C)C. The van der Waals surface area contributed by atoms with Gasteiger partial charge in [-0.1, -0.05) is 34.8 Å². The van der Waals surface area contributed by atoms with E-state index in [0.717, 1.165) is 0 Å². The highest BCUT2D eigenvalue weighted by Gasteiger charge is 2.09. The van der Waals surface area contributed by atoms with Crippen molar-refractivity contribution in [2.24, 2.45) is 4.99 Å². The molecule has 1 aromatic carbocycles. The topological polar surface area (TPSA) is 66.0 Å². The third kappa shape index (κ3) is 7.03. The second-order valence-corrected chi connectivity index (χ2v) is 6.26. The lowest BCUT2D eigenvalue weighted by Crippen LogP contribution is -2.40. The van der Waals surface area contributed by atoms with Gasteiger partial charge in [0.25, 0.3) is 0 Å². The molecule has 0 radical (unpaired) electrons. The minimum absolute atomic E-state index is 0.0494. The monoisotopic (exact) mass is 394 g/mol. The summed E-state index contributed by atoms with van der Waals surface area (Å²) >= 11 is 17.9. The maximum absolute atomic E-state index is 11.5. The lowest BCUT2D eigenvalue weighted by Gasteiger charge is -2.14. The van der Waals surface area contributed by atoms with Crippen molar-refractivity contribution in [3.8, 4) is 5.75 Å². The minimum atomic E-state index is 0.0494. The van der Waals surface area contributed by atoms with Gasteiger partial charge in [0.15, 0.2) is 11.7 Å². The van der Waals surface area contributed by atoms with Crippen molar-refractivity contribution in [2.75, 3.05) is 40.8 Å². The van der Waals surface area contributed by atoms with Crippen LogP contribution in [-0.4, -0.2) is 57.6 Å². The quantitative estimate of drug-likeness (QED) is 0.423. The van der Waals surface area contributed by atoms with Crippen LogP contribution in [0.4, 0.5) is 0 Å². The van der Waals surface area contributed by atoms with Gasteiger partial charge < -0.3 is 20.3 Å². The Balaban J connectivity index is 2.34. The van der Waals surface area contributed by atoms with E-state index < -0.39 is 0 Å². The van der Waals surface area contributed by atoms with E-state index in [4.69, 9.17) is 39.5 Å². The first-order valence-electron chi connectivity index (χ1n) is 7.27. The molecular formula is C15H21Cl3N4O2. The number of benzene rings is 1. The third-order valence-electron chi connectivity index (χ3n) is 2.96. The second-order valence-electron chi connectivity index (χ2n) is 5.01. The lowest BCUT2D eigenvalue weighted by atomic mass is 10.3. The largest absolute Gasteiger partial charge is 0.489 e. The molecule has 0 aromatic heterocycles. The molecular weight excluding hydrogens is 375 g/mol. The Bertz CT molecular complexity index is 571. The molecule has 0 aliphatic rings. The van der Waals surface area contributed by atoms with Gasteiger partial charge in [-0.3, -0.25) is 9.79 Å². The number of carbonyl (C=O) groups is 1. The van der Waals surface area contributed by atoms with Crippen molar-refractivity contribution in [3.63, 3.8) is 0 Å². The van der Waals surface area contributed by atoms with Crippen LogP contribution in [0.15, 0.2) is 17.1 Å². The molecule has 134 valence electrons. The van der Waals surface area contributed by atoms with Crippen LogP contribution in [0.1, 0.15) is 6.42 Å². The van der Waals surface area contributed by atoms with Crippen molar-refractivity contribution >= 4 is 46.7 Å². The first kappa shape index (κ1) is 20.7. The summed E-state index contributed by atoms with van der Waals surface area (Å²) in [6.07, 6.45) is 0.389. The molecule has 0 saturated carbocycles. The van der Waals surface area contributed by atoms with Crippen molar-refractivity contribution in [1.82, 2.24) is 15.5 Å². The smallest absolute Gasteiger partial charge is 0.223 e. The van der Waals surface area contributed by atoms with Gasteiger partial charge in [-0.05, 0) is 12.1 Å². The van der Waals surface area contributed by atoms with Crippen molar-refractivity contribution in [1.29, 1.82) is 0 Å². The van der Waals surface area contributed by atoms with Gasteiger partial charge in [-0.15, -0.1) is 0 Å².